The Labute approximate surface area is 158 Å². The number of amides is 2. The van der Waals surface area contributed by atoms with Crippen molar-refractivity contribution in [3.05, 3.63) is 0 Å². The molecule has 0 aromatic rings. The second-order valence-corrected chi connectivity index (χ2v) is 8.43. The van der Waals surface area contributed by atoms with E-state index in [1.807, 2.05) is 4.90 Å². The van der Waals surface area contributed by atoms with Crippen LogP contribution in [0.2, 0.25) is 0 Å². The summed E-state index contributed by atoms with van der Waals surface area (Å²) in [6.45, 7) is 2.19. The summed E-state index contributed by atoms with van der Waals surface area (Å²) in [4.78, 5) is 26.5. The Bertz CT molecular complexity index is 537. The number of nitrogens with one attached hydrogen (secondary N) is 2. The summed E-state index contributed by atoms with van der Waals surface area (Å²) in [5, 5.41) is 5.78. The third kappa shape index (κ3) is 6.36. The van der Waals surface area contributed by atoms with E-state index in [2.05, 4.69) is 10.6 Å². The van der Waals surface area contributed by atoms with Crippen molar-refractivity contribution in [2.75, 3.05) is 26.2 Å². The van der Waals surface area contributed by atoms with Gasteiger partial charge in [-0.25, -0.2) is 0 Å². The van der Waals surface area contributed by atoms with E-state index in [1.165, 1.54) is 12.8 Å². The zero-order valence-electron chi connectivity index (χ0n) is 15.7. The molecule has 2 saturated carbocycles. The third-order valence-electron chi connectivity index (χ3n) is 6.01. The fraction of sp³-hybridized carbons (Fsp3) is 0.895. The van der Waals surface area contributed by atoms with Gasteiger partial charge in [-0.2, -0.15) is 13.2 Å². The van der Waals surface area contributed by atoms with Crippen LogP contribution in [0.25, 0.3) is 0 Å². The SMILES string of the molecule is O=C(CN1CCCC(C(=O)NCC2CC2)C1)NC1CCCC(C(F)(F)F)C1. The number of nitrogens with zero attached hydrogens (tertiary/aromatic N) is 1. The summed E-state index contributed by atoms with van der Waals surface area (Å²) in [5.41, 5.74) is 0. The third-order valence-corrected chi connectivity index (χ3v) is 6.01. The smallest absolute Gasteiger partial charge is 0.356 e. The Morgan fingerprint density at radius 2 is 1.81 bits per heavy atom. The van der Waals surface area contributed by atoms with Crippen LogP contribution >= 0.6 is 0 Å². The van der Waals surface area contributed by atoms with Crippen LogP contribution in [0.15, 0.2) is 0 Å². The first-order chi connectivity index (χ1) is 12.8. The molecular formula is C19H30F3N3O2. The van der Waals surface area contributed by atoms with Gasteiger partial charge in [0.2, 0.25) is 11.8 Å². The molecule has 1 heterocycles. The number of alkyl halides is 3. The fourth-order valence-corrected chi connectivity index (χ4v) is 4.22. The number of carbonyl (C=O) groups is 2. The number of piperidine rings is 1. The zero-order valence-corrected chi connectivity index (χ0v) is 15.7. The Balaban J connectivity index is 1.41. The van der Waals surface area contributed by atoms with Gasteiger partial charge in [-0.3, -0.25) is 14.5 Å². The number of rotatable bonds is 6. The van der Waals surface area contributed by atoms with Crippen LogP contribution in [0.4, 0.5) is 13.2 Å². The van der Waals surface area contributed by atoms with Crippen LogP contribution in [0.5, 0.6) is 0 Å². The molecule has 2 N–H and O–H groups in total. The van der Waals surface area contributed by atoms with Gasteiger partial charge in [-0.05, 0) is 57.4 Å². The minimum atomic E-state index is -4.18. The molecule has 154 valence electrons. The van der Waals surface area contributed by atoms with E-state index in [0.717, 1.165) is 25.9 Å². The average Bonchev–Trinajstić information content (AvgIpc) is 3.43. The van der Waals surface area contributed by atoms with Crippen LogP contribution in [-0.2, 0) is 9.59 Å². The van der Waals surface area contributed by atoms with Crippen molar-refractivity contribution in [1.29, 1.82) is 0 Å². The first-order valence-electron chi connectivity index (χ1n) is 10.2. The van der Waals surface area contributed by atoms with Crippen molar-refractivity contribution in [2.45, 2.75) is 63.6 Å². The molecule has 1 aliphatic heterocycles. The quantitative estimate of drug-likeness (QED) is 0.734. The highest BCUT2D eigenvalue weighted by Crippen LogP contribution is 2.37. The van der Waals surface area contributed by atoms with Crippen molar-refractivity contribution in [3.63, 3.8) is 0 Å². The van der Waals surface area contributed by atoms with E-state index in [1.54, 1.807) is 0 Å². The number of hydrogen-bond donors (Lipinski definition) is 2. The van der Waals surface area contributed by atoms with Gasteiger partial charge >= 0.3 is 6.18 Å². The van der Waals surface area contributed by atoms with E-state index in [0.29, 0.717) is 25.3 Å². The highest BCUT2D eigenvalue weighted by atomic mass is 19.4. The van der Waals surface area contributed by atoms with Crippen molar-refractivity contribution in [1.82, 2.24) is 15.5 Å². The van der Waals surface area contributed by atoms with E-state index in [9.17, 15) is 22.8 Å². The molecule has 8 heteroatoms. The lowest BCUT2D eigenvalue weighted by Gasteiger charge is -2.33. The van der Waals surface area contributed by atoms with Gasteiger partial charge in [-0.15, -0.1) is 0 Å². The standard InChI is InChI=1S/C19H30F3N3O2/c20-19(21,22)15-4-1-5-16(9-15)24-17(26)12-25-8-2-3-14(11-25)18(27)23-10-13-6-7-13/h13-16H,1-12H2,(H,23,27)(H,24,26). The normalized spacial score (nSPS) is 30.0. The van der Waals surface area contributed by atoms with Gasteiger partial charge in [0.1, 0.15) is 0 Å². The van der Waals surface area contributed by atoms with Gasteiger partial charge in [-0.1, -0.05) is 6.42 Å². The summed E-state index contributed by atoms with van der Waals surface area (Å²) >= 11 is 0. The van der Waals surface area contributed by atoms with Crippen molar-refractivity contribution >= 4 is 11.8 Å². The Morgan fingerprint density at radius 1 is 1.04 bits per heavy atom. The Kier molecular flexibility index (Phi) is 6.65. The molecule has 3 atom stereocenters. The molecule has 0 bridgehead atoms. The zero-order chi connectivity index (χ0) is 19.4. The monoisotopic (exact) mass is 389 g/mol. The molecule has 2 amide bonds. The average molecular weight is 389 g/mol. The molecule has 5 nitrogen and oxygen atoms in total. The second kappa shape index (κ2) is 8.80. The molecule has 0 aromatic carbocycles. The topological polar surface area (TPSA) is 61.4 Å². The molecule has 3 aliphatic rings. The predicted molar refractivity (Wildman–Crippen MR) is 94.8 cm³/mol. The fourth-order valence-electron chi connectivity index (χ4n) is 4.22. The predicted octanol–water partition coefficient (Wildman–Crippen LogP) is 2.46. The summed E-state index contributed by atoms with van der Waals surface area (Å²) < 4.78 is 38.7. The van der Waals surface area contributed by atoms with Gasteiger partial charge in [0.25, 0.3) is 0 Å². The molecular weight excluding hydrogens is 359 g/mol. The van der Waals surface area contributed by atoms with E-state index in [4.69, 9.17) is 0 Å². The number of carbonyl (C=O) groups excluding carboxylic acids is 2. The van der Waals surface area contributed by atoms with E-state index in [-0.39, 0.29) is 37.1 Å². The Morgan fingerprint density at radius 3 is 2.52 bits per heavy atom. The van der Waals surface area contributed by atoms with Crippen LogP contribution in [0.3, 0.4) is 0 Å². The summed E-state index contributed by atoms with van der Waals surface area (Å²) in [6.07, 6.45) is 1.09. The molecule has 0 spiro atoms. The van der Waals surface area contributed by atoms with Gasteiger partial charge in [0.05, 0.1) is 18.4 Å². The highest BCUT2D eigenvalue weighted by molar-refractivity contribution is 5.80. The lowest BCUT2D eigenvalue weighted by Crippen LogP contribution is -2.49. The highest BCUT2D eigenvalue weighted by Gasteiger charge is 2.42. The first-order valence-corrected chi connectivity index (χ1v) is 10.2. The van der Waals surface area contributed by atoms with E-state index >= 15 is 0 Å². The maximum Gasteiger partial charge on any atom is 0.391 e. The van der Waals surface area contributed by atoms with Crippen molar-refractivity contribution in [2.24, 2.45) is 17.8 Å². The number of halogens is 3. The molecule has 3 rings (SSSR count). The summed E-state index contributed by atoms with van der Waals surface area (Å²) in [5.74, 6) is -0.953. The lowest BCUT2D eigenvalue weighted by molar-refractivity contribution is -0.184. The maximum atomic E-state index is 12.9. The molecule has 3 unspecified atom stereocenters. The molecule has 1 saturated heterocycles. The molecule has 2 aliphatic carbocycles. The van der Waals surface area contributed by atoms with Gasteiger partial charge in [0, 0.05) is 19.1 Å². The summed E-state index contributed by atoms with van der Waals surface area (Å²) in [6, 6.07) is -0.402. The largest absolute Gasteiger partial charge is 0.391 e. The first kappa shape index (κ1) is 20.4. The van der Waals surface area contributed by atoms with Gasteiger partial charge < -0.3 is 10.6 Å². The molecule has 3 fully saturated rings. The van der Waals surface area contributed by atoms with E-state index < -0.39 is 18.1 Å². The van der Waals surface area contributed by atoms with Gasteiger partial charge in [0.15, 0.2) is 0 Å². The van der Waals surface area contributed by atoms with Crippen molar-refractivity contribution < 1.29 is 22.8 Å². The maximum absolute atomic E-state index is 12.9. The number of hydrogen-bond acceptors (Lipinski definition) is 3. The minimum Gasteiger partial charge on any atom is -0.356 e. The van der Waals surface area contributed by atoms with Crippen LogP contribution < -0.4 is 10.6 Å². The Hall–Kier alpha value is -1.31. The van der Waals surface area contributed by atoms with Crippen LogP contribution in [-0.4, -0.2) is 55.1 Å². The lowest BCUT2D eigenvalue weighted by atomic mass is 9.85. The number of likely N-dealkylation sites (tertiary alicyclic amines) is 1. The van der Waals surface area contributed by atoms with Crippen LogP contribution in [0.1, 0.15) is 51.4 Å². The molecule has 0 radical (unpaired) electrons. The second-order valence-electron chi connectivity index (χ2n) is 8.43. The van der Waals surface area contributed by atoms with Crippen molar-refractivity contribution in [3.8, 4) is 0 Å². The van der Waals surface area contributed by atoms with Crippen LogP contribution in [0, 0.1) is 17.8 Å². The molecule has 0 aromatic heterocycles. The minimum absolute atomic E-state index is 0.0264. The summed E-state index contributed by atoms with van der Waals surface area (Å²) in [7, 11) is 0. The molecule has 27 heavy (non-hydrogen) atoms.